The number of H-pyrrole nitrogens is 1. The summed E-state index contributed by atoms with van der Waals surface area (Å²) in [5.41, 5.74) is 2.76. The maximum Gasteiger partial charge on any atom is 1.00 e. The number of alkyl halides is 1. The van der Waals surface area contributed by atoms with Crippen LogP contribution < -0.4 is 29.6 Å². The first-order valence-corrected chi connectivity index (χ1v) is 11.2. The molecule has 2 aromatic carbocycles. The molecule has 1 N–H and O–H groups in total. The number of nitriles is 2. The van der Waals surface area contributed by atoms with Gasteiger partial charge in [-0.05, 0) is 41.3 Å². The number of benzene rings is 2. The van der Waals surface area contributed by atoms with Gasteiger partial charge >= 0.3 is 29.6 Å². The third-order valence-corrected chi connectivity index (χ3v) is 4.54. The van der Waals surface area contributed by atoms with E-state index in [2.05, 4.69) is 75.8 Å². The van der Waals surface area contributed by atoms with Crippen LogP contribution in [-0.2, 0) is 7.05 Å². The first-order valence-electron chi connectivity index (χ1n) is 7.47. The second-order valence-corrected chi connectivity index (χ2v) is 6.95. The second kappa shape index (κ2) is 11.9. The summed E-state index contributed by atoms with van der Waals surface area (Å²) in [7, 11) is 1.83. The van der Waals surface area contributed by atoms with E-state index in [0.29, 0.717) is 11.4 Å². The standard InChI is InChI=1S/C9H6BrN3.C8H4BrN3.CH3I.Na.H/c1-13-9-4-6(10)2-3-7(9)8(5-11)12-13;9-5-1-2-6-7(3-5)11-12-8(6)4-10;1-2;;/h2-4H,1H3;1-3H,(H,11,12);1H3;;/q;;;+1;-1. The predicted octanol–water partition coefficient (Wildman–Crippen LogP) is 2.57. The zero-order valence-electron chi connectivity index (χ0n) is 16.3. The molecule has 0 aliphatic rings. The molecule has 6 nitrogen and oxygen atoms in total. The molecule has 0 amide bonds. The molecule has 0 aliphatic carbocycles. The summed E-state index contributed by atoms with van der Waals surface area (Å²) in [6.07, 6.45) is 0. The Kier molecular flexibility index (Phi) is 10.7. The molecular formula is C18H14Br2IN6Na. The number of nitrogens with zero attached hydrogens (tertiary/aromatic N) is 5. The number of rotatable bonds is 0. The Bertz CT molecular complexity index is 1180. The fourth-order valence-corrected chi connectivity index (χ4v) is 3.10. The van der Waals surface area contributed by atoms with Crippen molar-refractivity contribution in [3.63, 3.8) is 0 Å². The number of aromatic amines is 1. The van der Waals surface area contributed by atoms with Crippen molar-refractivity contribution in [3.05, 3.63) is 56.7 Å². The van der Waals surface area contributed by atoms with Gasteiger partial charge in [-0.2, -0.15) is 20.7 Å². The van der Waals surface area contributed by atoms with Crippen LogP contribution in [-0.4, -0.2) is 24.9 Å². The fourth-order valence-electron chi connectivity index (χ4n) is 2.39. The molecule has 0 radical (unpaired) electrons. The normalized spacial score (nSPS) is 9.25. The van der Waals surface area contributed by atoms with Crippen LogP contribution in [0.3, 0.4) is 0 Å². The van der Waals surface area contributed by atoms with Crippen LogP contribution in [0.1, 0.15) is 12.8 Å². The van der Waals surface area contributed by atoms with E-state index in [1.165, 1.54) is 0 Å². The van der Waals surface area contributed by atoms with Crippen LogP contribution >= 0.6 is 54.5 Å². The van der Waals surface area contributed by atoms with Crippen molar-refractivity contribution in [2.45, 2.75) is 0 Å². The van der Waals surface area contributed by atoms with E-state index in [1.807, 2.05) is 54.4 Å². The van der Waals surface area contributed by atoms with Crippen LogP contribution in [0, 0.1) is 22.7 Å². The number of hydrogen-bond donors (Lipinski definition) is 1. The molecule has 0 fully saturated rings. The molecule has 0 aliphatic heterocycles. The summed E-state index contributed by atoms with van der Waals surface area (Å²) in [5, 5.41) is 29.9. The van der Waals surface area contributed by atoms with E-state index in [0.717, 1.165) is 30.8 Å². The molecule has 4 rings (SSSR count). The Balaban J connectivity index is 0.000000469. The van der Waals surface area contributed by atoms with Crippen LogP contribution in [0.2, 0.25) is 0 Å². The summed E-state index contributed by atoms with van der Waals surface area (Å²) in [6.45, 7) is 0. The maximum absolute atomic E-state index is 8.78. The maximum atomic E-state index is 8.78. The van der Waals surface area contributed by atoms with Gasteiger partial charge in [-0.1, -0.05) is 54.5 Å². The number of halogens is 3. The Hall–Kier alpha value is -0.950. The van der Waals surface area contributed by atoms with Gasteiger partial charge in [-0.3, -0.25) is 9.78 Å². The zero-order chi connectivity index (χ0) is 20.0. The molecule has 0 bridgehead atoms. The van der Waals surface area contributed by atoms with Crippen molar-refractivity contribution < 1.29 is 31.0 Å². The third-order valence-electron chi connectivity index (χ3n) is 3.55. The minimum Gasteiger partial charge on any atom is -1.00 e. The summed E-state index contributed by atoms with van der Waals surface area (Å²) in [4.78, 5) is 1.97. The van der Waals surface area contributed by atoms with Crippen molar-refractivity contribution in [1.29, 1.82) is 10.5 Å². The van der Waals surface area contributed by atoms with Crippen molar-refractivity contribution in [2.75, 3.05) is 4.93 Å². The van der Waals surface area contributed by atoms with Crippen LogP contribution in [0.4, 0.5) is 0 Å². The number of hydrogen-bond acceptors (Lipinski definition) is 4. The molecule has 138 valence electrons. The first kappa shape index (κ1) is 25.1. The molecule has 2 aromatic heterocycles. The number of nitrogens with one attached hydrogen (secondary N) is 1. The Morgan fingerprint density at radius 2 is 1.57 bits per heavy atom. The zero-order valence-corrected chi connectivity index (χ0v) is 22.7. The van der Waals surface area contributed by atoms with Gasteiger partial charge < -0.3 is 1.43 Å². The fraction of sp³-hybridized carbons (Fsp3) is 0.111. The largest absolute Gasteiger partial charge is 1.00 e. The SMILES string of the molecule is CI.Cn1nc(C#N)c2ccc(Br)cc21.N#Cc1n[nH]c2cc(Br)ccc12.[H-].[Na+]. The number of aromatic nitrogens is 4. The van der Waals surface area contributed by atoms with Crippen LogP contribution in [0.5, 0.6) is 0 Å². The molecule has 0 saturated carbocycles. The Labute approximate surface area is 216 Å². The molecule has 4 aromatic rings. The van der Waals surface area contributed by atoms with Crippen LogP contribution in [0.15, 0.2) is 45.3 Å². The monoisotopic (exact) mass is 622 g/mol. The second-order valence-electron chi connectivity index (χ2n) is 5.12. The quantitative estimate of drug-likeness (QED) is 0.185. The molecule has 0 saturated heterocycles. The molecule has 0 unspecified atom stereocenters. The molecule has 0 spiro atoms. The summed E-state index contributed by atoms with van der Waals surface area (Å²) in [5.74, 6) is 0. The Morgan fingerprint density at radius 1 is 1.00 bits per heavy atom. The Morgan fingerprint density at radius 3 is 2.18 bits per heavy atom. The van der Waals surface area contributed by atoms with E-state index < -0.39 is 0 Å². The van der Waals surface area contributed by atoms with E-state index >= 15 is 0 Å². The molecule has 2 heterocycles. The molecule has 10 heteroatoms. The van der Waals surface area contributed by atoms with Gasteiger partial charge in [0.15, 0.2) is 11.4 Å². The summed E-state index contributed by atoms with van der Waals surface area (Å²) in [6, 6.07) is 15.5. The van der Waals surface area contributed by atoms with Gasteiger partial charge in [0.2, 0.25) is 0 Å². The van der Waals surface area contributed by atoms with E-state index in [-0.39, 0.29) is 31.0 Å². The third kappa shape index (κ3) is 5.78. The van der Waals surface area contributed by atoms with Crippen molar-refractivity contribution in [1.82, 2.24) is 20.0 Å². The summed E-state index contributed by atoms with van der Waals surface area (Å²) >= 11 is 8.86. The molecule has 0 atom stereocenters. The molecule has 28 heavy (non-hydrogen) atoms. The topological polar surface area (TPSA) is 94.1 Å². The van der Waals surface area contributed by atoms with Gasteiger partial charge in [-0.15, -0.1) is 0 Å². The number of fused-ring (bicyclic) bond motifs is 2. The number of aryl methyl sites for hydroxylation is 1. The smallest absolute Gasteiger partial charge is 1.00 e. The van der Waals surface area contributed by atoms with E-state index in [4.69, 9.17) is 10.5 Å². The van der Waals surface area contributed by atoms with Crippen molar-refractivity contribution >= 4 is 76.3 Å². The minimum atomic E-state index is 0. The van der Waals surface area contributed by atoms with E-state index in [9.17, 15) is 0 Å². The van der Waals surface area contributed by atoms with Gasteiger partial charge in [-0.25, -0.2) is 0 Å². The van der Waals surface area contributed by atoms with Gasteiger partial charge in [0.25, 0.3) is 0 Å². The van der Waals surface area contributed by atoms with Crippen molar-refractivity contribution in [2.24, 2.45) is 7.05 Å². The first-order chi connectivity index (χ1) is 13.0. The average molecular weight is 624 g/mol. The average Bonchev–Trinajstić information content (AvgIpc) is 3.24. The van der Waals surface area contributed by atoms with Crippen LogP contribution in [0.25, 0.3) is 21.8 Å². The van der Waals surface area contributed by atoms with Gasteiger partial charge in [0.05, 0.1) is 11.0 Å². The predicted molar refractivity (Wildman–Crippen MR) is 123 cm³/mol. The van der Waals surface area contributed by atoms with Gasteiger partial charge in [0, 0.05) is 26.8 Å². The summed E-state index contributed by atoms with van der Waals surface area (Å²) < 4.78 is 3.68. The van der Waals surface area contributed by atoms with Crippen molar-refractivity contribution in [3.8, 4) is 12.1 Å². The van der Waals surface area contributed by atoms with Gasteiger partial charge in [0.1, 0.15) is 12.1 Å². The van der Waals surface area contributed by atoms with E-state index in [1.54, 1.807) is 4.68 Å². The minimum absolute atomic E-state index is 0. The molecular weight excluding hydrogens is 610 g/mol.